The molecule has 3 N–H and O–H groups in total. The van der Waals surface area contributed by atoms with Crippen molar-refractivity contribution in [3.63, 3.8) is 0 Å². The Labute approximate surface area is 253 Å². The predicted molar refractivity (Wildman–Crippen MR) is 172 cm³/mol. The van der Waals surface area contributed by atoms with E-state index < -0.39 is 0 Å². The third kappa shape index (κ3) is 7.18. The molecule has 1 fully saturated rings. The van der Waals surface area contributed by atoms with Crippen LogP contribution in [0.25, 0.3) is 22.0 Å². The monoisotopic (exact) mass is 582 g/mol. The predicted octanol–water partition coefficient (Wildman–Crippen LogP) is 4.54. The highest BCUT2D eigenvalue weighted by Gasteiger charge is 2.19. The molecule has 9 heteroatoms. The molecule has 43 heavy (non-hydrogen) atoms. The van der Waals surface area contributed by atoms with Crippen LogP contribution in [0.2, 0.25) is 0 Å². The Kier molecular flexibility index (Phi) is 9.34. The minimum Gasteiger partial charge on any atom is -0.379 e. The van der Waals surface area contributed by atoms with Crippen LogP contribution in [0.1, 0.15) is 54.5 Å². The van der Waals surface area contributed by atoms with Crippen LogP contribution in [0.3, 0.4) is 0 Å². The largest absolute Gasteiger partial charge is 0.379 e. The van der Waals surface area contributed by atoms with Gasteiger partial charge in [0.2, 0.25) is 0 Å². The third-order valence-electron chi connectivity index (χ3n) is 7.99. The number of nitrogens with one attached hydrogen (secondary N) is 1. The van der Waals surface area contributed by atoms with Gasteiger partial charge in [-0.1, -0.05) is 26.8 Å². The number of carbonyl (C=O) groups excluding carboxylic acids is 1. The van der Waals surface area contributed by atoms with Crippen LogP contribution in [-0.4, -0.2) is 64.7 Å². The average molecular weight is 583 g/mol. The van der Waals surface area contributed by atoms with Gasteiger partial charge in [0.1, 0.15) is 0 Å². The molecule has 0 atom stereocenters. The van der Waals surface area contributed by atoms with Gasteiger partial charge in [-0.25, -0.2) is 0 Å². The number of benzene rings is 1. The van der Waals surface area contributed by atoms with Crippen LogP contribution >= 0.6 is 0 Å². The van der Waals surface area contributed by atoms with E-state index in [-0.39, 0.29) is 16.9 Å². The maximum absolute atomic E-state index is 14.2. The molecule has 1 saturated heterocycles. The van der Waals surface area contributed by atoms with Gasteiger partial charge in [0, 0.05) is 77.6 Å². The number of amides is 1. The molecule has 0 aliphatic carbocycles. The van der Waals surface area contributed by atoms with E-state index in [1.54, 1.807) is 12.3 Å². The van der Waals surface area contributed by atoms with Gasteiger partial charge in [-0.2, -0.15) is 0 Å². The van der Waals surface area contributed by atoms with Gasteiger partial charge in [-0.3, -0.25) is 24.5 Å². The van der Waals surface area contributed by atoms with E-state index >= 15 is 0 Å². The zero-order chi connectivity index (χ0) is 30.6. The molecule has 1 aliphatic rings. The van der Waals surface area contributed by atoms with Crippen molar-refractivity contribution in [1.82, 2.24) is 19.4 Å². The summed E-state index contributed by atoms with van der Waals surface area (Å²) < 4.78 is 7.39. The normalized spacial score (nSPS) is 14.3. The fourth-order valence-corrected chi connectivity index (χ4v) is 5.39. The first kappa shape index (κ1) is 30.5. The van der Waals surface area contributed by atoms with Crippen LogP contribution in [-0.2, 0) is 23.1 Å². The highest BCUT2D eigenvalue weighted by molar-refractivity contribution is 6.04. The summed E-state index contributed by atoms with van der Waals surface area (Å²) in [6, 6.07) is 13.2. The summed E-state index contributed by atoms with van der Waals surface area (Å²) in [5.74, 6) is -0.224. The Morgan fingerprint density at radius 1 is 1.02 bits per heavy atom. The number of nitrogens with zero attached hydrogens (tertiary/aromatic N) is 4. The average Bonchev–Trinajstić information content (AvgIpc) is 3.00. The number of rotatable bonds is 9. The van der Waals surface area contributed by atoms with Crippen LogP contribution in [0.5, 0.6) is 0 Å². The number of morpholine rings is 1. The highest BCUT2D eigenvalue weighted by atomic mass is 16.5. The van der Waals surface area contributed by atoms with E-state index in [0.29, 0.717) is 43.1 Å². The third-order valence-corrected chi connectivity index (χ3v) is 7.99. The lowest BCUT2D eigenvalue weighted by molar-refractivity contribution is 0.0364. The van der Waals surface area contributed by atoms with Crippen molar-refractivity contribution in [2.24, 2.45) is 5.73 Å². The minimum atomic E-state index is -0.224. The van der Waals surface area contributed by atoms with Crippen molar-refractivity contribution < 1.29 is 9.53 Å². The molecule has 0 radical (unpaired) electrons. The van der Waals surface area contributed by atoms with Crippen molar-refractivity contribution in [3.8, 4) is 11.1 Å². The second kappa shape index (κ2) is 13.2. The Bertz CT molecular complexity index is 1670. The summed E-state index contributed by atoms with van der Waals surface area (Å²) in [5, 5.41) is 3.92. The number of aryl methyl sites for hydroxylation is 2. The number of aromatic nitrogens is 3. The van der Waals surface area contributed by atoms with E-state index in [1.807, 2.05) is 54.1 Å². The van der Waals surface area contributed by atoms with Gasteiger partial charge in [0.25, 0.3) is 11.5 Å². The number of anilines is 1. The second-order valence-electron chi connectivity index (χ2n) is 12.3. The number of fused-ring (bicyclic) bond motifs is 1. The zero-order valence-corrected chi connectivity index (χ0v) is 25.7. The van der Waals surface area contributed by atoms with Crippen molar-refractivity contribution >= 4 is 22.5 Å². The molecular weight excluding hydrogens is 540 g/mol. The Morgan fingerprint density at radius 3 is 2.56 bits per heavy atom. The molecule has 0 bridgehead atoms. The summed E-state index contributed by atoms with van der Waals surface area (Å²) >= 11 is 0. The van der Waals surface area contributed by atoms with Crippen LogP contribution in [0, 0.1) is 6.92 Å². The summed E-state index contributed by atoms with van der Waals surface area (Å²) in [6.07, 6.45) is 5.12. The lowest BCUT2D eigenvalue weighted by Gasteiger charge is -2.27. The van der Waals surface area contributed by atoms with Crippen molar-refractivity contribution in [2.45, 2.75) is 52.5 Å². The van der Waals surface area contributed by atoms with Crippen molar-refractivity contribution in [1.29, 1.82) is 0 Å². The molecule has 9 nitrogen and oxygen atoms in total. The van der Waals surface area contributed by atoms with E-state index in [4.69, 9.17) is 10.5 Å². The fourth-order valence-electron chi connectivity index (χ4n) is 5.39. The van der Waals surface area contributed by atoms with E-state index in [2.05, 4.69) is 41.0 Å². The topological polar surface area (TPSA) is 115 Å². The molecule has 1 aliphatic heterocycles. The summed E-state index contributed by atoms with van der Waals surface area (Å²) in [7, 11) is 0. The Hall–Kier alpha value is -3.92. The summed E-state index contributed by atoms with van der Waals surface area (Å²) in [6.45, 7) is 13.2. The molecule has 226 valence electrons. The first-order valence-electron chi connectivity index (χ1n) is 15.1. The molecule has 4 heterocycles. The van der Waals surface area contributed by atoms with Gasteiger partial charge in [0.15, 0.2) is 0 Å². The highest BCUT2D eigenvalue weighted by Crippen LogP contribution is 2.28. The lowest BCUT2D eigenvalue weighted by Crippen LogP contribution is -2.39. The van der Waals surface area contributed by atoms with Gasteiger partial charge in [-0.15, -0.1) is 0 Å². The number of pyridine rings is 3. The minimum absolute atomic E-state index is 0.0627. The van der Waals surface area contributed by atoms with Crippen LogP contribution in [0.15, 0.2) is 59.7 Å². The van der Waals surface area contributed by atoms with Crippen molar-refractivity contribution in [3.05, 3.63) is 87.7 Å². The van der Waals surface area contributed by atoms with Gasteiger partial charge in [-0.05, 0) is 73.8 Å². The van der Waals surface area contributed by atoms with E-state index in [1.165, 1.54) is 0 Å². The molecule has 1 amide bonds. The number of hydrogen-bond acceptors (Lipinski definition) is 7. The molecule has 0 unspecified atom stereocenters. The maximum atomic E-state index is 14.2. The molecule has 0 saturated carbocycles. The summed E-state index contributed by atoms with van der Waals surface area (Å²) in [5.41, 5.74) is 11.6. The van der Waals surface area contributed by atoms with Crippen molar-refractivity contribution in [2.75, 3.05) is 44.7 Å². The fraction of sp³-hybridized carbons (Fsp3) is 0.412. The van der Waals surface area contributed by atoms with E-state index in [0.717, 1.165) is 65.9 Å². The lowest BCUT2D eigenvalue weighted by atomic mass is 9.91. The standard InChI is InChI=1S/C34H42N6O3/c1-23-7-8-27(38-32(41)24-9-11-36-31(19-24)34(2,3)4)20-28(23)29-18-25-22-37-26(6-5-10-35)21-30(25)40(33(29)42)13-12-39-14-16-43-17-15-39/h7-9,11,18-22H,5-6,10,12-17,35H2,1-4H3,(H,38,41). The molecule has 4 aromatic rings. The maximum Gasteiger partial charge on any atom is 0.258 e. The molecular formula is C34H42N6O3. The number of carbonyl (C=O) groups is 1. The molecule has 1 aromatic carbocycles. The first-order valence-corrected chi connectivity index (χ1v) is 15.1. The smallest absolute Gasteiger partial charge is 0.258 e. The molecule has 0 spiro atoms. The summed E-state index contributed by atoms with van der Waals surface area (Å²) in [4.78, 5) is 38.9. The van der Waals surface area contributed by atoms with Gasteiger partial charge in [0.05, 0.1) is 18.7 Å². The molecule has 3 aromatic heterocycles. The van der Waals surface area contributed by atoms with Gasteiger partial charge >= 0.3 is 0 Å². The van der Waals surface area contributed by atoms with E-state index in [9.17, 15) is 9.59 Å². The zero-order valence-electron chi connectivity index (χ0n) is 25.7. The Balaban J connectivity index is 1.51. The SMILES string of the molecule is Cc1ccc(NC(=O)c2ccnc(C(C)(C)C)c2)cc1-c1cc2cnc(CCCN)cc2n(CCN2CCOCC2)c1=O. The first-order chi connectivity index (χ1) is 20.6. The Morgan fingerprint density at radius 2 is 1.81 bits per heavy atom. The quantitative estimate of drug-likeness (QED) is 0.298. The van der Waals surface area contributed by atoms with Crippen LogP contribution in [0.4, 0.5) is 5.69 Å². The molecule has 5 rings (SSSR count). The van der Waals surface area contributed by atoms with Gasteiger partial charge < -0.3 is 20.4 Å². The number of ether oxygens (including phenoxy) is 1. The number of hydrogen-bond donors (Lipinski definition) is 2. The van der Waals surface area contributed by atoms with Crippen LogP contribution < -0.4 is 16.6 Å². The number of nitrogens with two attached hydrogens (primary N) is 1. The second-order valence-corrected chi connectivity index (χ2v) is 12.3.